The third kappa shape index (κ3) is 6.04. The zero-order chi connectivity index (χ0) is 35.8. The third-order valence-corrected chi connectivity index (χ3v) is 11.3. The molecule has 2 nitrogen and oxygen atoms in total. The van der Waals surface area contributed by atoms with Gasteiger partial charge in [0.2, 0.25) is 0 Å². The molecule has 54 heavy (non-hydrogen) atoms. The molecule has 260 valence electrons. The fourth-order valence-corrected chi connectivity index (χ4v) is 8.46. The summed E-state index contributed by atoms with van der Waals surface area (Å²) in [7, 11) is 0. The van der Waals surface area contributed by atoms with E-state index in [2.05, 4.69) is 181 Å². The first-order valence-corrected chi connectivity index (χ1v) is 19.4. The summed E-state index contributed by atoms with van der Waals surface area (Å²) in [6.07, 6.45) is 13.7. The minimum atomic E-state index is 1.01. The SMILES string of the molecule is C1=CC(c2ccc(-c3ccc(N(c4ccccc4)c4ccc(-c5cc(-c6ccc7oc8c(c7c6)CCCC8)c6ccccc6c5)cc4)cc3)cc2)=CCC1. The molecule has 0 atom stereocenters. The Morgan fingerprint density at radius 2 is 1.09 bits per heavy atom. The summed E-state index contributed by atoms with van der Waals surface area (Å²) in [5.41, 5.74) is 15.7. The minimum Gasteiger partial charge on any atom is -0.461 e. The second-order valence-corrected chi connectivity index (χ2v) is 14.6. The number of anilines is 3. The van der Waals surface area contributed by atoms with E-state index >= 15 is 0 Å². The Morgan fingerprint density at radius 1 is 0.463 bits per heavy atom. The lowest BCUT2D eigenvalue weighted by atomic mass is 9.91. The quantitative estimate of drug-likeness (QED) is 0.165. The second-order valence-electron chi connectivity index (χ2n) is 14.6. The Balaban J connectivity index is 0.983. The van der Waals surface area contributed by atoms with Crippen molar-refractivity contribution >= 4 is 44.4 Å². The number of para-hydroxylation sites is 1. The van der Waals surface area contributed by atoms with Crippen LogP contribution < -0.4 is 4.90 Å². The number of aryl methyl sites for hydroxylation is 2. The highest BCUT2D eigenvalue weighted by Crippen LogP contribution is 2.40. The molecule has 0 fully saturated rings. The van der Waals surface area contributed by atoms with Crippen molar-refractivity contribution < 1.29 is 4.42 Å². The van der Waals surface area contributed by atoms with Crippen molar-refractivity contribution in [3.63, 3.8) is 0 Å². The van der Waals surface area contributed by atoms with E-state index < -0.39 is 0 Å². The fraction of sp³-hybridized carbons (Fsp3) is 0.115. The summed E-state index contributed by atoms with van der Waals surface area (Å²) in [5, 5.41) is 3.79. The van der Waals surface area contributed by atoms with E-state index in [0.29, 0.717) is 0 Å². The Kier molecular flexibility index (Phi) is 8.30. The Labute approximate surface area is 317 Å². The molecule has 0 bridgehead atoms. The number of allylic oxidation sites excluding steroid dienone is 4. The Bertz CT molecular complexity index is 2680. The second kappa shape index (κ2) is 13.9. The number of hydrogen-bond acceptors (Lipinski definition) is 2. The van der Waals surface area contributed by atoms with Gasteiger partial charge >= 0.3 is 0 Å². The molecule has 0 spiro atoms. The van der Waals surface area contributed by atoms with Crippen LogP contribution in [0.3, 0.4) is 0 Å². The summed E-state index contributed by atoms with van der Waals surface area (Å²) < 4.78 is 6.30. The van der Waals surface area contributed by atoms with Crippen molar-refractivity contribution in [2.75, 3.05) is 4.90 Å². The molecule has 0 amide bonds. The average Bonchev–Trinajstić information content (AvgIpc) is 3.63. The predicted octanol–water partition coefficient (Wildman–Crippen LogP) is 14.7. The first-order chi connectivity index (χ1) is 26.7. The van der Waals surface area contributed by atoms with Gasteiger partial charge in [0, 0.05) is 34.4 Å². The molecule has 1 heterocycles. The zero-order valence-corrected chi connectivity index (χ0v) is 30.3. The lowest BCUT2D eigenvalue weighted by Gasteiger charge is -2.26. The van der Waals surface area contributed by atoms with Crippen LogP contribution in [0.2, 0.25) is 0 Å². The molecule has 2 heteroatoms. The van der Waals surface area contributed by atoms with Gasteiger partial charge in [-0.25, -0.2) is 0 Å². The standard InChI is InChI=1S/C52H41NO/c1-3-11-36(12-4-1)37-19-21-38(22-20-37)39-23-28-45(29-24-39)53(44-14-5-2-6-15-44)46-30-25-40(26-31-46)43-33-41-13-7-8-16-47(41)49(35-43)42-27-32-52-50(34-42)48-17-9-10-18-51(48)54-52/h2-3,5-8,11-16,19-35H,1,4,9-10,17-18H2. The number of fused-ring (bicyclic) bond motifs is 4. The van der Waals surface area contributed by atoms with E-state index in [1.165, 1.54) is 84.8 Å². The van der Waals surface area contributed by atoms with Gasteiger partial charge in [-0.15, -0.1) is 0 Å². The molecule has 0 saturated heterocycles. The first-order valence-electron chi connectivity index (χ1n) is 19.4. The van der Waals surface area contributed by atoms with E-state index in [0.717, 1.165) is 48.3 Å². The lowest BCUT2D eigenvalue weighted by Crippen LogP contribution is -2.09. The zero-order valence-electron chi connectivity index (χ0n) is 30.3. The number of nitrogens with zero attached hydrogens (tertiary/aromatic N) is 1. The highest BCUT2D eigenvalue weighted by Gasteiger charge is 2.19. The molecule has 8 aromatic rings. The van der Waals surface area contributed by atoms with Crippen molar-refractivity contribution in [1.29, 1.82) is 0 Å². The van der Waals surface area contributed by atoms with Crippen molar-refractivity contribution in [2.24, 2.45) is 0 Å². The first kappa shape index (κ1) is 32.3. The van der Waals surface area contributed by atoms with Crippen molar-refractivity contribution in [3.8, 4) is 33.4 Å². The highest BCUT2D eigenvalue weighted by atomic mass is 16.3. The molecule has 0 aliphatic heterocycles. The van der Waals surface area contributed by atoms with Crippen molar-refractivity contribution in [2.45, 2.75) is 38.5 Å². The van der Waals surface area contributed by atoms with Crippen LogP contribution in [-0.4, -0.2) is 0 Å². The summed E-state index contributed by atoms with van der Waals surface area (Å²) in [6, 6.07) is 57.8. The van der Waals surface area contributed by atoms with Crippen LogP contribution in [0.15, 0.2) is 180 Å². The molecule has 0 N–H and O–H groups in total. The summed E-state index contributed by atoms with van der Waals surface area (Å²) >= 11 is 0. The smallest absolute Gasteiger partial charge is 0.134 e. The number of furan rings is 1. The molecular weight excluding hydrogens is 655 g/mol. The van der Waals surface area contributed by atoms with Crippen LogP contribution in [0.4, 0.5) is 17.1 Å². The third-order valence-electron chi connectivity index (χ3n) is 11.3. The summed E-state index contributed by atoms with van der Waals surface area (Å²) in [4.78, 5) is 2.34. The number of hydrogen-bond donors (Lipinski definition) is 0. The Hall–Kier alpha value is -6.38. The van der Waals surface area contributed by atoms with Gasteiger partial charge in [-0.3, -0.25) is 0 Å². The monoisotopic (exact) mass is 695 g/mol. The maximum absolute atomic E-state index is 6.30. The minimum absolute atomic E-state index is 1.01. The largest absolute Gasteiger partial charge is 0.461 e. The van der Waals surface area contributed by atoms with Gasteiger partial charge < -0.3 is 9.32 Å². The molecule has 0 saturated carbocycles. The molecule has 0 unspecified atom stereocenters. The van der Waals surface area contributed by atoms with Gasteiger partial charge in [0.1, 0.15) is 11.3 Å². The number of rotatable bonds is 7. The molecule has 10 rings (SSSR count). The van der Waals surface area contributed by atoms with Crippen LogP contribution >= 0.6 is 0 Å². The van der Waals surface area contributed by atoms with E-state index in [4.69, 9.17) is 4.42 Å². The molecule has 2 aliphatic rings. The summed E-state index contributed by atoms with van der Waals surface area (Å²) in [5.74, 6) is 1.18. The molecule has 7 aromatic carbocycles. The molecule has 2 aliphatic carbocycles. The van der Waals surface area contributed by atoms with E-state index in [-0.39, 0.29) is 0 Å². The van der Waals surface area contributed by atoms with Gasteiger partial charge in [0.25, 0.3) is 0 Å². The van der Waals surface area contributed by atoms with Gasteiger partial charge in [-0.1, -0.05) is 115 Å². The van der Waals surface area contributed by atoms with Gasteiger partial charge in [0.05, 0.1) is 0 Å². The molecule has 0 radical (unpaired) electrons. The van der Waals surface area contributed by atoms with Gasteiger partial charge in [-0.05, 0) is 148 Å². The maximum atomic E-state index is 6.30. The Morgan fingerprint density at radius 3 is 1.83 bits per heavy atom. The molecule has 1 aromatic heterocycles. The molecular formula is C52H41NO. The normalized spacial score (nSPS) is 13.9. The fourth-order valence-electron chi connectivity index (χ4n) is 8.46. The van der Waals surface area contributed by atoms with Crippen LogP contribution in [0, 0.1) is 0 Å². The summed E-state index contributed by atoms with van der Waals surface area (Å²) in [6.45, 7) is 0. The topological polar surface area (TPSA) is 16.4 Å². The van der Waals surface area contributed by atoms with Crippen molar-refractivity contribution in [1.82, 2.24) is 0 Å². The predicted molar refractivity (Wildman–Crippen MR) is 228 cm³/mol. The van der Waals surface area contributed by atoms with Crippen LogP contribution in [0.5, 0.6) is 0 Å². The van der Waals surface area contributed by atoms with Crippen LogP contribution in [0.1, 0.15) is 42.6 Å². The lowest BCUT2D eigenvalue weighted by molar-refractivity contribution is 0.506. The maximum Gasteiger partial charge on any atom is 0.134 e. The highest BCUT2D eigenvalue weighted by molar-refractivity contribution is 6.02. The van der Waals surface area contributed by atoms with E-state index in [1.54, 1.807) is 0 Å². The van der Waals surface area contributed by atoms with Gasteiger partial charge in [-0.2, -0.15) is 0 Å². The number of benzene rings is 7. The average molecular weight is 696 g/mol. The van der Waals surface area contributed by atoms with Crippen LogP contribution in [-0.2, 0) is 12.8 Å². The van der Waals surface area contributed by atoms with E-state index in [9.17, 15) is 0 Å². The van der Waals surface area contributed by atoms with Gasteiger partial charge in [0.15, 0.2) is 0 Å². The van der Waals surface area contributed by atoms with E-state index in [1.807, 2.05) is 0 Å². The van der Waals surface area contributed by atoms with Crippen molar-refractivity contribution in [3.05, 3.63) is 193 Å². The van der Waals surface area contributed by atoms with Crippen LogP contribution in [0.25, 0.3) is 60.7 Å².